The monoisotopic (exact) mass is 86.0 g/mol. The number of hydrogen-bond acceptors (Lipinski definition) is 3. The first-order chi connectivity index (χ1) is 2.97. The Hall–Kier alpha value is -0.120. The zero-order chi connectivity index (χ0) is 3.98. The molecule has 0 aromatic rings. The summed E-state index contributed by atoms with van der Waals surface area (Å²) in [5, 5.41) is 5.01. The van der Waals surface area contributed by atoms with Crippen LogP contribution in [0.5, 0.6) is 0 Å². The summed E-state index contributed by atoms with van der Waals surface area (Å²) in [5.74, 6) is 0. The normalized spacial score (nSPS) is 52.0. The molecular formula is C3H6N2O. The molecule has 0 saturated carbocycles. The Bertz CT molecular complexity index is 67.2. The van der Waals surface area contributed by atoms with E-state index in [1.165, 1.54) is 0 Å². The number of fused-ring (bicyclic) bond motifs is 1. The summed E-state index contributed by atoms with van der Waals surface area (Å²) in [7, 11) is 0. The molecule has 2 aliphatic rings. The second-order valence-corrected chi connectivity index (χ2v) is 1.59. The predicted octanol–water partition coefficient (Wildman–Crippen LogP) is -0.880. The van der Waals surface area contributed by atoms with Crippen LogP contribution in [0.15, 0.2) is 0 Å². The summed E-state index contributed by atoms with van der Waals surface area (Å²) < 4.78 is 0. The van der Waals surface area contributed by atoms with E-state index in [2.05, 4.69) is 5.32 Å². The van der Waals surface area contributed by atoms with Crippen molar-refractivity contribution in [2.75, 3.05) is 13.3 Å². The Labute approximate surface area is 35.8 Å². The van der Waals surface area contributed by atoms with Gasteiger partial charge < -0.3 is 0 Å². The van der Waals surface area contributed by atoms with E-state index < -0.39 is 0 Å². The third-order valence-electron chi connectivity index (χ3n) is 1.12. The third kappa shape index (κ3) is 0.228. The average Bonchev–Trinajstić information content (AvgIpc) is 2.17. The van der Waals surface area contributed by atoms with Crippen molar-refractivity contribution >= 4 is 0 Å². The van der Waals surface area contributed by atoms with Gasteiger partial charge in [0.05, 0.1) is 6.54 Å². The van der Waals surface area contributed by atoms with Crippen LogP contribution in [-0.2, 0) is 4.84 Å². The van der Waals surface area contributed by atoms with Crippen LogP contribution in [0.2, 0.25) is 0 Å². The van der Waals surface area contributed by atoms with E-state index in [0.29, 0.717) is 12.9 Å². The van der Waals surface area contributed by atoms with Crippen LogP contribution in [0.3, 0.4) is 0 Å². The molecule has 1 N–H and O–H groups in total. The molecule has 0 aromatic carbocycles. The fourth-order valence-corrected chi connectivity index (χ4v) is 0.649. The van der Waals surface area contributed by atoms with Crippen molar-refractivity contribution in [2.24, 2.45) is 0 Å². The van der Waals surface area contributed by atoms with Crippen molar-refractivity contribution in [1.82, 2.24) is 10.4 Å². The summed E-state index contributed by atoms with van der Waals surface area (Å²) in [6.07, 6.45) is 0.574. The maximum absolute atomic E-state index is 4.95. The standard InChI is InChI=1S/C3H6N2O/c1-3-4-2-6-5(1)3/h3-4H,1-2H2. The molecular weight excluding hydrogens is 80.0 g/mol. The molecule has 2 rings (SSSR count). The highest BCUT2D eigenvalue weighted by Crippen LogP contribution is 2.18. The smallest absolute Gasteiger partial charge is 0.120 e. The first-order valence-corrected chi connectivity index (χ1v) is 2.10. The first-order valence-electron chi connectivity index (χ1n) is 2.10. The highest BCUT2D eigenvalue weighted by atomic mass is 16.7. The van der Waals surface area contributed by atoms with Gasteiger partial charge in [-0.3, -0.25) is 10.2 Å². The highest BCUT2D eigenvalue weighted by molar-refractivity contribution is 4.82. The Kier molecular flexibility index (Phi) is 0.371. The van der Waals surface area contributed by atoms with Crippen LogP contribution in [0.1, 0.15) is 0 Å². The van der Waals surface area contributed by atoms with Crippen LogP contribution >= 0.6 is 0 Å². The zero-order valence-electron chi connectivity index (χ0n) is 3.35. The molecule has 0 spiro atoms. The van der Waals surface area contributed by atoms with Crippen molar-refractivity contribution < 1.29 is 4.84 Å². The number of hydroxylamine groups is 2. The Morgan fingerprint density at radius 2 is 2.83 bits per heavy atom. The van der Waals surface area contributed by atoms with Crippen LogP contribution in [-0.4, -0.2) is 24.5 Å². The van der Waals surface area contributed by atoms with Crippen molar-refractivity contribution in [2.45, 2.75) is 6.17 Å². The summed E-state index contributed by atoms with van der Waals surface area (Å²) in [4.78, 5) is 4.95. The van der Waals surface area contributed by atoms with Crippen LogP contribution in [0, 0.1) is 0 Å². The number of nitrogens with one attached hydrogen (secondary N) is 1. The minimum atomic E-state index is 0.574. The van der Waals surface area contributed by atoms with Gasteiger partial charge in [-0.25, -0.2) is 0 Å². The van der Waals surface area contributed by atoms with Crippen LogP contribution in [0.4, 0.5) is 0 Å². The Morgan fingerprint density at radius 3 is 3.00 bits per heavy atom. The first kappa shape index (κ1) is 2.96. The molecule has 2 heterocycles. The van der Waals surface area contributed by atoms with E-state index in [-0.39, 0.29) is 0 Å². The van der Waals surface area contributed by atoms with Crippen molar-refractivity contribution in [3.63, 3.8) is 0 Å². The van der Waals surface area contributed by atoms with Crippen LogP contribution < -0.4 is 5.32 Å². The molecule has 0 aliphatic carbocycles. The molecule has 2 aliphatic heterocycles. The second-order valence-electron chi connectivity index (χ2n) is 1.59. The van der Waals surface area contributed by atoms with Gasteiger partial charge in [0.2, 0.25) is 0 Å². The van der Waals surface area contributed by atoms with Gasteiger partial charge in [0.25, 0.3) is 0 Å². The maximum atomic E-state index is 4.95. The van der Waals surface area contributed by atoms with Crippen LogP contribution in [0.25, 0.3) is 0 Å². The van der Waals surface area contributed by atoms with Gasteiger partial charge in [0.1, 0.15) is 12.9 Å². The van der Waals surface area contributed by atoms with Gasteiger partial charge in [-0.2, -0.15) is 5.06 Å². The predicted molar refractivity (Wildman–Crippen MR) is 19.6 cm³/mol. The summed E-state index contributed by atoms with van der Waals surface area (Å²) >= 11 is 0. The van der Waals surface area contributed by atoms with Crippen molar-refractivity contribution in [1.29, 1.82) is 0 Å². The lowest BCUT2D eigenvalue weighted by Crippen LogP contribution is -2.12. The fourth-order valence-electron chi connectivity index (χ4n) is 0.649. The number of hydrogen-bond donors (Lipinski definition) is 1. The van der Waals surface area contributed by atoms with E-state index >= 15 is 0 Å². The molecule has 2 unspecified atom stereocenters. The largest absolute Gasteiger partial charge is 0.282 e. The molecule has 34 valence electrons. The van der Waals surface area contributed by atoms with E-state index in [1.54, 1.807) is 0 Å². The Balaban J connectivity index is 2.09. The van der Waals surface area contributed by atoms with Gasteiger partial charge >= 0.3 is 0 Å². The van der Waals surface area contributed by atoms with E-state index in [9.17, 15) is 0 Å². The van der Waals surface area contributed by atoms with Gasteiger partial charge in [0, 0.05) is 0 Å². The zero-order valence-corrected chi connectivity index (χ0v) is 3.35. The number of nitrogens with zero attached hydrogens (tertiary/aromatic N) is 1. The van der Waals surface area contributed by atoms with E-state index in [0.717, 1.165) is 6.54 Å². The molecule has 2 atom stereocenters. The fraction of sp³-hybridized carbons (Fsp3) is 1.00. The molecule has 3 nitrogen and oxygen atoms in total. The van der Waals surface area contributed by atoms with Crippen molar-refractivity contribution in [3.05, 3.63) is 0 Å². The minimum Gasteiger partial charge on any atom is -0.282 e. The molecule has 0 radical (unpaired) electrons. The lowest BCUT2D eigenvalue weighted by atomic mass is 10.8. The molecule has 2 saturated heterocycles. The van der Waals surface area contributed by atoms with Crippen molar-refractivity contribution in [3.8, 4) is 0 Å². The second kappa shape index (κ2) is 0.753. The molecule has 3 heteroatoms. The summed E-state index contributed by atoms with van der Waals surface area (Å²) in [6, 6.07) is 0. The van der Waals surface area contributed by atoms with Gasteiger partial charge in [-0.05, 0) is 0 Å². The average molecular weight is 86.1 g/mol. The Morgan fingerprint density at radius 1 is 1.83 bits per heavy atom. The van der Waals surface area contributed by atoms with E-state index in [1.807, 2.05) is 5.06 Å². The molecule has 2 fully saturated rings. The molecule has 0 aromatic heterocycles. The van der Waals surface area contributed by atoms with E-state index in [4.69, 9.17) is 4.84 Å². The number of rotatable bonds is 0. The lowest BCUT2D eigenvalue weighted by Gasteiger charge is -1.87. The third-order valence-corrected chi connectivity index (χ3v) is 1.12. The van der Waals surface area contributed by atoms with Gasteiger partial charge in [-0.1, -0.05) is 0 Å². The molecule has 6 heavy (non-hydrogen) atoms. The quantitative estimate of drug-likeness (QED) is 0.387. The molecule has 0 amide bonds. The topological polar surface area (TPSA) is 24.3 Å². The SMILES string of the molecule is C1NC2CN2O1. The van der Waals surface area contributed by atoms with Gasteiger partial charge in [0.15, 0.2) is 0 Å². The summed E-state index contributed by atoms with van der Waals surface area (Å²) in [6.45, 7) is 1.80. The minimum absolute atomic E-state index is 0.574. The molecule has 0 bridgehead atoms. The summed E-state index contributed by atoms with van der Waals surface area (Å²) in [5.41, 5.74) is 0. The van der Waals surface area contributed by atoms with Gasteiger partial charge in [-0.15, -0.1) is 0 Å². The highest BCUT2D eigenvalue weighted by Gasteiger charge is 2.39. The lowest BCUT2D eigenvalue weighted by molar-refractivity contribution is -0.0350. The maximum Gasteiger partial charge on any atom is 0.120 e.